The second-order valence-electron chi connectivity index (χ2n) is 6.56. The number of hydrogen-bond acceptors (Lipinski definition) is 2. The Balaban J connectivity index is 5.07. The number of rotatable bonds is 11. The predicted octanol–water partition coefficient (Wildman–Crippen LogP) is 6.33. The molecule has 0 aromatic rings. The fourth-order valence-electron chi connectivity index (χ4n) is 1.72. The van der Waals surface area contributed by atoms with Gasteiger partial charge >= 0.3 is 35.8 Å². The molecule has 0 saturated heterocycles. The second-order valence-corrected chi connectivity index (χ2v) is 6.56. The van der Waals surface area contributed by atoms with Gasteiger partial charge < -0.3 is 4.74 Å². The van der Waals surface area contributed by atoms with Crippen LogP contribution in [0.4, 0.5) is 52.7 Å². The topological polar surface area (TPSA) is 26.3 Å². The minimum absolute atomic E-state index is 0.562. The molecule has 0 spiro atoms. The number of carbonyl (C=O) groups is 1. The zero-order chi connectivity index (χ0) is 23.5. The largest absolute Gasteiger partial charge is 0.457 e. The van der Waals surface area contributed by atoms with Gasteiger partial charge in [-0.15, -0.1) is 0 Å². The highest BCUT2D eigenvalue weighted by molar-refractivity contribution is 5.78. The fourth-order valence-corrected chi connectivity index (χ4v) is 1.72. The van der Waals surface area contributed by atoms with E-state index in [-0.39, 0.29) is 0 Å². The highest BCUT2D eigenvalue weighted by atomic mass is 19.4. The summed E-state index contributed by atoms with van der Waals surface area (Å²) in [6.07, 6.45) is -15.7. The smallest absolute Gasteiger partial charge is 0.389 e. The number of ether oxygens (including phenoxy) is 1. The van der Waals surface area contributed by atoms with Gasteiger partial charge in [-0.05, 0) is 13.3 Å². The first-order valence-electron chi connectivity index (χ1n) is 8.04. The van der Waals surface area contributed by atoms with Crippen LogP contribution in [0.1, 0.15) is 46.0 Å². The average Bonchev–Trinajstić information content (AvgIpc) is 2.55. The Morgan fingerprint density at radius 2 is 1.00 bits per heavy atom. The van der Waals surface area contributed by atoms with Crippen LogP contribution in [0.15, 0.2) is 0 Å². The van der Waals surface area contributed by atoms with Gasteiger partial charge in [0.05, 0.1) is 0 Å². The molecular formula is C15H18F12O2. The average molecular weight is 458 g/mol. The first-order valence-corrected chi connectivity index (χ1v) is 8.04. The first-order chi connectivity index (χ1) is 12.6. The van der Waals surface area contributed by atoms with Crippen LogP contribution < -0.4 is 0 Å². The number of halogens is 12. The van der Waals surface area contributed by atoms with Crippen LogP contribution in [0.25, 0.3) is 0 Å². The SMILES string of the molecule is CCC(C)(F)C(=O)OCC(F)(F)C(F)(F)CCC(F)(F)C(F)(F)CCC(F)(F)F. The molecule has 0 aromatic heterocycles. The lowest BCUT2D eigenvalue weighted by molar-refractivity contribution is -0.259. The summed E-state index contributed by atoms with van der Waals surface area (Å²) in [7, 11) is 0. The molecule has 0 rings (SSSR count). The molecule has 29 heavy (non-hydrogen) atoms. The van der Waals surface area contributed by atoms with E-state index in [1.807, 2.05) is 0 Å². The molecule has 0 aromatic carbocycles. The van der Waals surface area contributed by atoms with Gasteiger partial charge in [0.2, 0.25) is 5.67 Å². The molecule has 0 heterocycles. The monoisotopic (exact) mass is 458 g/mol. The maximum atomic E-state index is 13.5. The molecule has 0 saturated carbocycles. The van der Waals surface area contributed by atoms with Crippen molar-refractivity contribution in [2.24, 2.45) is 0 Å². The van der Waals surface area contributed by atoms with Gasteiger partial charge in [-0.3, -0.25) is 0 Å². The predicted molar refractivity (Wildman–Crippen MR) is 75.1 cm³/mol. The summed E-state index contributed by atoms with van der Waals surface area (Å²) in [5, 5.41) is 0. The summed E-state index contributed by atoms with van der Waals surface area (Å²) >= 11 is 0. The molecule has 0 aliphatic heterocycles. The zero-order valence-corrected chi connectivity index (χ0v) is 15.1. The minimum Gasteiger partial charge on any atom is -0.457 e. The Hall–Kier alpha value is -1.37. The van der Waals surface area contributed by atoms with E-state index in [9.17, 15) is 57.5 Å². The number of alkyl halides is 12. The molecule has 1 unspecified atom stereocenters. The molecule has 0 aliphatic rings. The molecule has 0 fully saturated rings. The van der Waals surface area contributed by atoms with Crippen molar-refractivity contribution < 1.29 is 62.2 Å². The standard InChI is InChI=1S/C15H18F12O2/c1-3-10(2,16)9(28)29-8-14(23,24)13(21,22)5-4-11(17,18)12(19,20)6-7-15(25,26)27/h3-8H2,1-2H3. The summed E-state index contributed by atoms with van der Waals surface area (Å²) in [5.74, 6) is -23.5. The van der Waals surface area contributed by atoms with E-state index in [4.69, 9.17) is 0 Å². The van der Waals surface area contributed by atoms with Crippen molar-refractivity contribution in [3.05, 3.63) is 0 Å². The van der Waals surface area contributed by atoms with Crippen molar-refractivity contribution in [2.75, 3.05) is 6.61 Å². The summed E-state index contributed by atoms with van der Waals surface area (Å²) in [5.41, 5.74) is -2.79. The van der Waals surface area contributed by atoms with Crippen molar-refractivity contribution in [1.82, 2.24) is 0 Å². The van der Waals surface area contributed by atoms with Crippen molar-refractivity contribution in [3.63, 3.8) is 0 Å². The van der Waals surface area contributed by atoms with E-state index >= 15 is 0 Å². The maximum absolute atomic E-state index is 13.5. The summed E-state index contributed by atoms with van der Waals surface area (Å²) in [6.45, 7) is -0.710. The van der Waals surface area contributed by atoms with Gasteiger partial charge in [0.25, 0.3) is 0 Å². The number of esters is 1. The molecular weight excluding hydrogens is 440 g/mol. The molecule has 14 heteroatoms. The lowest BCUT2D eigenvalue weighted by Crippen LogP contribution is -2.48. The third-order valence-electron chi connectivity index (χ3n) is 4.02. The minimum atomic E-state index is -5.45. The van der Waals surface area contributed by atoms with E-state index < -0.39 is 80.2 Å². The van der Waals surface area contributed by atoms with Crippen molar-refractivity contribution in [1.29, 1.82) is 0 Å². The normalized spacial score (nSPS) is 16.5. The van der Waals surface area contributed by atoms with E-state index in [1.54, 1.807) is 0 Å². The summed E-state index contributed by atoms with van der Waals surface area (Å²) in [6, 6.07) is 0. The Labute approximate surface area is 157 Å². The molecule has 0 N–H and O–H groups in total. The Bertz CT molecular complexity index is 554. The van der Waals surface area contributed by atoms with Crippen LogP contribution in [-0.2, 0) is 9.53 Å². The Morgan fingerprint density at radius 3 is 1.34 bits per heavy atom. The van der Waals surface area contributed by atoms with Gasteiger partial charge in [-0.1, -0.05) is 6.92 Å². The molecule has 0 bridgehead atoms. The van der Waals surface area contributed by atoms with Crippen molar-refractivity contribution >= 4 is 5.97 Å². The highest BCUT2D eigenvalue weighted by Gasteiger charge is 2.62. The highest BCUT2D eigenvalue weighted by Crippen LogP contribution is 2.46. The molecule has 0 aliphatic carbocycles. The molecule has 1 atom stereocenters. The zero-order valence-electron chi connectivity index (χ0n) is 15.1. The van der Waals surface area contributed by atoms with Crippen LogP contribution in [0.3, 0.4) is 0 Å². The molecule has 0 amide bonds. The number of carbonyl (C=O) groups excluding carboxylic acids is 1. The van der Waals surface area contributed by atoms with E-state index in [0.29, 0.717) is 6.92 Å². The van der Waals surface area contributed by atoms with Crippen molar-refractivity contribution in [3.8, 4) is 0 Å². The Kier molecular flexibility index (Phi) is 8.37. The first kappa shape index (κ1) is 27.6. The van der Waals surface area contributed by atoms with Crippen LogP contribution in [0, 0.1) is 0 Å². The van der Waals surface area contributed by atoms with Gasteiger partial charge in [0, 0.05) is 25.7 Å². The van der Waals surface area contributed by atoms with Crippen molar-refractivity contribution in [2.45, 2.75) is 81.5 Å². The van der Waals surface area contributed by atoms with Crippen LogP contribution in [0.5, 0.6) is 0 Å². The van der Waals surface area contributed by atoms with Gasteiger partial charge in [-0.2, -0.15) is 48.3 Å². The summed E-state index contributed by atoms with van der Waals surface area (Å²) in [4.78, 5) is 11.2. The molecule has 174 valence electrons. The third kappa shape index (κ3) is 7.76. The molecule has 0 radical (unpaired) electrons. The lowest BCUT2D eigenvalue weighted by Gasteiger charge is -2.31. The maximum Gasteiger partial charge on any atom is 0.389 e. The van der Waals surface area contributed by atoms with Crippen LogP contribution >= 0.6 is 0 Å². The van der Waals surface area contributed by atoms with E-state index in [2.05, 4.69) is 4.74 Å². The van der Waals surface area contributed by atoms with E-state index in [1.165, 1.54) is 0 Å². The quantitative estimate of drug-likeness (QED) is 0.267. The Morgan fingerprint density at radius 1 is 0.655 bits per heavy atom. The second kappa shape index (κ2) is 8.78. The molecule has 2 nitrogen and oxygen atoms in total. The van der Waals surface area contributed by atoms with Gasteiger partial charge in [-0.25, -0.2) is 9.18 Å². The van der Waals surface area contributed by atoms with Crippen LogP contribution in [-0.4, -0.2) is 48.1 Å². The van der Waals surface area contributed by atoms with E-state index in [0.717, 1.165) is 6.92 Å². The van der Waals surface area contributed by atoms with Crippen LogP contribution in [0.2, 0.25) is 0 Å². The third-order valence-corrected chi connectivity index (χ3v) is 4.02. The summed E-state index contributed by atoms with van der Waals surface area (Å²) < 4.78 is 160. The van der Waals surface area contributed by atoms with Gasteiger partial charge in [0.1, 0.15) is 0 Å². The number of hydrogen-bond donors (Lipinski definition) is 0. The van der Waals surface area contributed by atoms with Gasteiger partial charge in [0.15, 0.2) is 6.61 Å². The lowest BCUT2D eigenvalue weighted by atomic mass is 9.97. The fraction of sp³-hybridized carbons (Fsp3) is 0.933.